The minimum atomic E-state index is -0.488. The fraction of sp³-hybridized carbons (Fsp3) is 0.125. The van der Waals surface area contributed by atoms with Crippen LogP contribution in [0.25, 0.3) is 22.2 Å². The Kier molecular flexibility index (Phi) is 2.99. The van der Waals surface area contributed by atoms with Gasteiger partial charge in [0.2, 0.25) is 5.89 Å². The smallest absolute Gasteiger partial charge is 0.360 e. The molecule has 0 amide bonds. The maximum Gasteiger partial charge on any atom is 0.360 e. The van der Waals surface area contributed by atoms with Crippen LogP contribution in [0, 0.1) is 6.92 Å². The number of methoxy groups -OCH3 is 1. The highest BCUT2D eigenvalue weighted by atomic mass is 16.5. The molecule has 2 aromatic carbocycles. The average Bonchev–Trinajstić information content (AvgIpc) is 2.87. The summed E-state index contributed by atoms with van der Waals surface area (Å²) in [6.07, 6.45) is 0. The first kappa shape index (κ1) is 12.4. The molecule has 0 spiro atoms. The molecule has 3 rings (SSSR count). The lowest BCUT2D eigenvalue weighted by Crippen LogP contribution is -2.03. The standard InChI is InChI=1S/C16H13NO3/c1-10-14(16(18)19-2)17-15(20-10)13-9-5-7-11-6-3-4-8-12(11)13/h3-9H,1-2H3. The van der Waals surface area contributed by atoms with Gasteiger partial charge in [0.05, 0.1) is 7.11 Å². The van der Waals surface area contributed by atoms with Gasteiger partial charge in [-0.3, -0.25) is 0 Å². The van der Waals surface area contributed by atoms with Gasteiger partial charge in [0, 0.05) is 5.56 Å². The predicted molar refractivity (Wildman–Crippen MR) is 75.5 cm³/mol. The number of hydrogen-bond donors (Lipinski definition) is 0. The largest absolute Gasteiger partial charge is 0.464 e. The summed E-state index contributed by atoms with van der Waals surface area (Å²) in [6, 6.07) is 13.9. The zero-order chi connectivity index (χ0) is 14.1. The molecular formula is C16H13NO3. The number of aryl methyl sites for hydroxylation is 1. The van der Waals surface area contributed by atoms with Gasteiger partial charge in [0.25, 0.3) is 0 Å². The van der Waals surface area contributed by atoms with E-state index in [1.165, 1.54) is 7.11 Å². The summed E-state index contributed by atoms with van der Waals surface area (Å²) in [4.78, 5) is 15.9. The summed E-state index contributed by atoms with van der Waals surface area (Å²) >= 11 is 0. The number of ether oxygens (including phenoxy) is 1. The molecule has 4 heteroatoms. The predicted octanol–water partition coefficient (Wildman–Crippen LogP) is 3.59. The molecule has 1 aromatic heterocycles. The number of hydrogen-bond acceptors (Lipinski definition) is 4. The van der Waals surface area contributed by atoms with Crippen molar-refractivity contribution < 1.29 is 13.9 Å². The van der Waals surface area contributed by atoms with Crippen molar-refractivity contribution in [3.63, 3.8) is 0 Å². The number of rotatable bonds is 2. The first-order valence-corrected chi connectivity index (χ1v) is 6.24. The molecule has 3 aromatic rings. The van der Waals surface area contributed by atoms with Crippen molar-refractivity contribution in [2.24, 2.45) is 0 Å². The van der Waals surface area contributed by atoms with E-state index in [1.54, 1.807) is 6.92 Å². The van der Waals surface area contributed by atoms with Crippen molar-refractivity contribution in [3.8, 4) is 11.5 Å². The third-order valence-corrected chi connectivity index (χ3v) is 3.20. The van der Waals surface area contributed by atoms with Crippen molar-refractivity contribution in [3.05, 3.63) is 53.9 Å². The van der Waals surface area contributed by atoms with Gasteiger partial charge < -0.3 is 9.15 Å². The highest BCUT2D eigenvalue weighted by Crippen LogP contribution is 2.29. The van der Waals surface area contributed by atoms with Gasteiger partial charge in [-0.1, -0.05) is 36.4 Å². The van der Waals surface area contributed by atoms with Crippen molar-refractivity contribution in [1.82, 2.24) is 4.98 Å². The van der Waals surface area contributed by atoms with Crippen LogP contribution in [0.2, 0.25) is 0 Å². The molecule has 0 aliphatic carbocycles. The van der Waals surface area contributed by atoms with Gasteiger partial charge in [-0.25, -0.2) is 9.78 Å². The summed E-state index contributed by atoms with van der Waals surface area (Å²) in [6.45, 7) is 1.70. The van der Waals surface area contributed by atoms with E-state index < -0.39 is 5.97 Å². The van der Waals surface area contributed by atoms with E-state index in [2.05, 4.69) is 4.98 Å². The molecule has 0 unspecified atom stereocenters. The molecule has 100 valence electrons. The van der Waals surface area contributed by atoms with Crippen LogP contribution in [0.15, 0.2) is 46.9 Å². The lowest BCUT2D eigenvalue weighted by atomic mass is 10.0. The van der Waals surface area contributed by atoms with Gasteiger partial charge in [-0.2, -0.15) is 0 Å². The van der Waals surface area contributed by atoms with Crippen molar-refractivity contribution in [2.45, 2.75) is 6.92 Å². The molecule has 0 radical (unpaired) electrons. The number of oxazole rings is 1. The molecule has 0 fully saturated rings. The average molecular weight is 267 g/mol. The van der Waals surface area contributed by atoms with E-state index in [9.17, 15) is 4.79 Å². The summed E-state index contributed by atoms with van der Waals surface area (Å²) in [5.41, 5.74) is 1.08. The second-order valence-corrected chi connectivity index (χ2v) is 4.44. The Morgan fingerprint density at radius 3 is 2.70 bits per heavy atom. The Labute approximate surface area is 116 Å². The molecule has 0 N–H and O–H groups in total. The van der Waals surface area contributed by atoms with Gasteiger partial charge >= 0.3 is 5.97 Å². The van der Waals surface area contributed by atoms with Gasteiger partial charge in [0.15, 0.2) is 5.69 Å². The molecule has 1 heterocycles. The monoisotopic (exact) mass is 267 g/mol. The second kappa shape index (κ2) is 4.81. The molecule has 0 aliphatic rings. The first-order chi connectivity index (χ1) is 9.70. The lowest BCUT2D eigenvalue weighted by Gasteiger charge is -2.02. The molecule has 4 nitrogen and oxygen atoms in total. The SMILES string of the molecule is COC(=O)c1nc(-c2cccc3ccccc23)oc1C. The van der Waals surface area contributed by atoms with Crippen molar-refractivity contribution in [1.29, 1.82) is 0 Å². The number of fused-ring (bicyclic) bond motifs is 1. The Morgan fingerprint density at radius 1 is 1.15 bits per heavy atom. The van der Waals surface area contributed by atoms with Crippen LogP contribution in [0.1, 0.15) is 16.2 Å². The fourth-order valence-electron chi connectivity index (χ4n) is 2.21. The molecule has 0 atom stereocenters. The lowest BCUT2D eigenvalue weighted by molar-refractivity contribution is 0.0593. The summed E-state index contributed by atoms with van der Waals surface area (Å²) in [7, 11) is 1.33. The Hall–Kier alpha value is -2.62. The van der Waals surface area contributed by atoms with E-state index in [4.69, 9.17) is 9.15 Å². The quantitative estimate of drug-likeness (QED) is 0.666. The zero-order valence-corrected chi connectivity index (χ0v) is 11.2. The van der Waals surface area contributed by atoms with Crippen LogP contribution in [0.3, 0.4) is 0 Å². The van der Waals surface area contributed by atoms with E-state index in [0.717, 1.165) is 16.3 Å². The third-order valence-electron chi connectivity index (χ3n) is 3.20. The van der Waals surface area contributed by atoms with Crippen LogP contribution in [0.5, 0.6) is 0 Å². The second-order valence-electron chi connectivity index (χ2n) is 4.44. The van der Waals surface area contributed by atoms with Crippen molar-refractivity contribution in [2.75, 3.05) is 7.11 Å². The van der Waals surface area contributed by atoms with Crippen LogP contribution in [-0.2, 0) is 4.74 Å². The third kappa shape index (κ3) is 1.95. The Morgan fingerprint density at radius 2 is 1.90 bits per heavy atom. The van der Waals surface area contributed by atoms with Gasteiger partial charge in [0.1, 0.15) is 5.76 Å². The number of aromatic nitrogens is 1. The van der Waals surface area contributed by atoms with E-state index in [1.807, 2.05) is 42.5 Å². The van der Waals surface area contributed by atoms with E-state index in [-0.39, 0.29) is 5.69 Å². The van der Waals surface area contributed by atoms with Gasteiger partial charge in [-0.15, -0.1) is 0 Å². The number of nitrogens with zero attached hydrogens (tertiary/aromatic N) is 1. The molecular weight excluding hydrogens is 254 g/mol. The van der Waals surface area contributed by atoms with Crippen LogP contribution in [-0.4, -0.2) is 18.1 Å². The molecule has 0 aliphatic heterocycles. The highest BCUT2D eigenvalue weighted by molar-refractivity contribution is 5.95. The fourth-order valence-corrected chi connectivity index (χ4v) is 2.21. The van der Waals surface area contributed by atoms with Crippen LogP contribution < -0.4 is 0 Å². The zero-order valence-electron chi connectivity index (χ0n) is 11.2. The molecule has 0 saturated carbocycles. The van der Waals surface area contributed by atoms with Crippen LogP contribution in [0.4, 0.5) is 0 Å². The molecule has 20 heavy (non-hydrogen) atoms. The first-order valence-electron chi connectivity index (χ1n) is 6.24. The number of carbonyl (C=O) groups excluding carboxylic acids is 1. The van der Waals surface area contributed by atoms with Gasteiger partial charge in [-0.05, 0) is 23.8 Å². The Bertz CT molecular complexity index is 784. The number of carbonyl (C=O) groups is 1. The summed E-state index contributed by atoms with van der Waals surface area (Å²) < 4.78 is 10.3. The van der Waals surface area contributed by atoms with E-state index >= 15 is 0 Å². The Balaban J connectivity index is 2.19. The maximum atomic E-state index is 11.6. The topological polar surface area (TPSA) is 52.3 Å². The summed E-state index contributed by atoms with van der Waals surface area (Å²) in [5, 5.41) is 2.13. The van der Waals surface area contributed by atoms with E-state index in [0.29, 0.717) is 11.7 Å². The minimum Gasteiger partial charge on any atom is -0.464 e. The summed E-state index contributed by atoms with van der Waals surface area (Å²) in [5.74, 6) is 0.400. The number of esters is 1. The van der Waals surface area contributed by atoms with Crippen LogP contribution >= 0.6 is 0 Å². The molecule has 0 saturated heterocycles. The molecule has 0 bridgehead atoms. The number of benzene rings is 2. The highest BCUT2D eigenvalue weighted by Gasteiger charge is 2.19. The van der Waals surface area contributed by atoms with Crippen molar-refractivity contribution >= 4 is 16.7 Å². The minimum absolute atomic E-state index is 0.218. The normalized spacial score (nSPS) is 10.7. The maximum absolute atomic E-state index is 11.6.